The molecule has 0 saturated heterocycles. The number of hydrogen-bond donors (Lipinski definition) is 0. The molecule has 0 aliphatic carbocycles. The molecule has 0 spiro atoms. The van der Waals surface area contributed by atoms with Crippen molar-refractivity contribution in [2.75, 3.05) is 0 Å². The molecular formula is AlOSbVW+4. The Morgan fingerprint density at radius 2 is 1.00 bits per heavy atom. The molecule has 0 bridgehead atoms. The van der Waals surface area contributed by atoms with E-state index in [1.54, 1.807) is 0 Å². The van der Waals surface area contributed by atoms with E-state index < -0.39 is 0 Å². The van der Waals surface area contributed by atoms with Gasteiger partial charge in [0, 0.05) is 39.6 Å². The van der Waals surface area contributed by atoms with Crippen molar-refractivity contribution in [2.24, 2.45) is 0 Å². The molecule has 0 rings (SSSR count). The van der Waals surface area contributed by atoms with E-state index in [0.29, 0.717) is 0 Å². The fourth-order valence-corrected chi connectivity index (χ4v) is 0. The number of rotatable bonds is 0. The zero-order valence-electron chi connectivity index (χ0n) is 2.29. The Labute approximate surface area is 85.7 Å². The van der Waals surface area contributed by atoms with Crippen LogP contribution in [0.3, 0.4) is 0 Å². The van der Waals surface area contributed by atoms with Crippen molar-refractivity contribution in [1.82, 2.24) is 0 Å². The first-order valence-corrected chi connectivity index (χ1v) is 0. The van der Waals surface area contributed by atoms with E-state index in [2.05, 4.69) is 0 Å². The van der Waals surface area contributed by atoms with Crippen LogP contribution < -0.4 is 0 Å². The van der Waals surface area contributed by atoms with E-state index in [-0.39, 0.29) is 86.9 Å². The van der Waals surface area contributed by atoms with E-state index in [0.717, 1.165) is 0 Å². The molecule has 21 valence electrons. The minimum absolute atomic E-state index is 0. The summed E-state index contributed by atoms with van der Waals surface area (Å²) in [4.78, 5) is 0. The van der Waals surface area contributed by atoms with E-state index in [1.165, 1.54) is 0 Å². The average molecular weight is 400 g/mol. The van der Waals surface area contributed by atoms with Gasteiger partial charge in [-0.1, -0.05) is 0 Å². The van der Waals surface area contributed by atoms with Crippen molar-refractivity contribution >= 4 is 41.8 Å². The smallest absolute Gasteiger partial charge is 2.00 e. The van der Waals surface area contributed by atoms with Gasteiger partial charge in [-0.05, 0) is 0 Å². The zero-order chi connectivity index (χ0) is 0. The largest absolute Gasteiger partial charge is 3.00 e. The maximum Gasteiger partial charge on any atom is 3.00 e. The van der Waals surface area contributed by atoms with E-state index >= 15 is 0 Å². The molecule has 0 amide bonds. The van der Waals surface area contributed by atoms with Gasteiger partial charge in [-0.15, -0.1) is 0 Å². The van der Waals surface area contributed by atoms with E-state index in [4.69, 9.17) is 0 Å². The summed E-state index contributed by atoms with van der Waals surface area (Å²) in [6.45, 7) is 0. The summed E-state index contributed by atoms with van der Waals surface area (Å²) < 4.78 is 0. The van der Waals surface area contributed by atoms with E-state index in [9.17, 15) is 0 Å². The normalized spacial score (nSPS) is 0. The average Bonchev–Trinajstić information content (AvgIpc) is 0. The van der Waals surface area contributed by atoms with Gasteiger partial charge in [0.2, 0.25) is 0 Å². The van der Waals surface area contributed by atoms with E-state index in [1.807, 2.05) is 0 Å². The van der Waals surface area contributed by atoms with Gasteiger partial charge in [0.1, 0.15) is 0 Å². The molecule has 0 aliphatic heterocycles. The Bertz CT molecular complexity index is 11.6. The Balaban J connectivity index is 0. The summed E-state index contributed by atoms with van der Waals surface area (Å²) in [5, 5.41) is 0. The Kier molecular flexibility index (Phi) is 303. The summed E-state index contributed by atoms with van der Waals surface area (Å²) in [6, 6.07) is 0. The van der Waals surface area contributed by atoms with Crippen LogP contribution in [0.4, 0.5) is 0 Å². The summed E-state index contributed by atoms with van der Waals surface area (Å²) in [5.41, 5.74) is 0. The van der Waals surface area contributed by atoms with Crippen molar-refractivity contribution in [2.45, 2.75) is 0 Å². The van der Waals surface area contributed by atoms with Gasteiger partial charge < -0.3 is 5.48 Å². The SMILES string of the molecule is [Al+3].[O-2].[Sb+3].[V].[W]. The first-order valence-electron chi connectivity index (χ1n) is 0. The second-order valence-electron chi connectivity index (χ2n) is 0. The Morgan fingerprint density at radius 3 is 1.00 bits per heavy atom. The third-order valence-corrected chi connectivity index (χ3v) is 0. The standard InChI is InChI=1S/Al.O.Sb.V.W/q+3;-2;+3;;. The molecule has 0 atom stereocenters. The summed E-state index contributed by atoms with van der Waals surface area (Å²) in [5.74, 6) is 0. The predicted molar refractivity (Wildman–Crippen MR) is 12.2 cm³/mol. The second-order valence-corrected chi connectivity index (χ2v) is 0. The summed E-state index contributed by atoms with van der Waals surface area (Å²) in [6.07, 6.45) is 0. The molecule has 0 aromatic rings. The minimum atomic E-state index is 0. The van der Waals surface area contributed by atoms with Crippen LogP contribution in [0.25, 0.3) is 0 Å². The first-order chi connectivity index (χ1) is 0. The molecule has 0 aliphatic rings. The molecule has 0 N–H and O–H groups in total. The van der Waals surface area contributed by atoms with Crippen LogP contribution >= 0.6 is 0 Å². The quantitative estimate of drug-likeness (QED) is 0.473. The Morgan fingerprint density at radius 1 is 1.00 bits per heavy atom. The third kappa shape index (κ3) is 20.7. The molecular weight excluding hydrogens is 400 g/mol. The predicted octanol–water partition coefficient (Wildman–Crippen LogP) is -0.885. The topological polar surface area (TPSA) is 28.5 Å². The van der Waals surface area contributed by atoms with Gasteiger partial charge in [0.25, 0.3) is 0 Å². The molecule has 5 heteroatoms. The molecule has 0 aromatic heterocycles. The fourth-order valence-electron chi connectivity index (χ4n) is 0. The van der Waals surface area contributed by atoms with Crippen LogP contribution in [0.2, 0.25) is 0 Å². The van der Waals surface area contributed by atoms with Crippen LogP contribution in [0.5, 0.6) is 0 Å². The van der Waals surface area contributed by atoms with Gasteiger partial charge in [-0.3, -0.25) is 0 Å². The molecule has 0 heterocycles. The molecule has 0 fully saturated rings. The van der Waals surface area contributed by atoms with Gasteiger partial charge in [-0.25, -0.2) is 0 Å². The van der Waals surface area contributed by atoms with Crippen LogP contribution in [-0.4, -0.2) is 41.8 Å². The maximum atomic E-state index is 0. The van der Waals surface area contributed by atoms with Gasteiger partial charge in [0.15, 0.2) is 0 Å². The summed E-state index contributed by atoms with van der Waals surface area (Å²) >= 11 is 0. The molecule has 5 heavy (non-hydrogen) atoms. The fraction of sp³-hybridized carbons (Fsp3) is 0. The monoisotopic (exact) mass is 399 g/mol. The third-order valence-electron chi connectivity index (χ3n) is 0. The number of hydrogen-bond acceptors (Lipinski definition) is 0. The molecule has 0 aromatic carbocycles. The van der Waals surface area contributed by atoms with Crippen LogP contribution in [-0.2, 0) is 45.1 Å². The van der Waals surface area contributed by atoms with Gasteiger partial charge >= 0.3 is 41.8 Å². The van der Waals surface area contributed by atoms with Gasteiger partial charge in [0.05, 0.1) is 0 Å². The van der Waals surface area contributed by atoms with Crippen LogP contribution in [0.15, 0.2) is 0 Å². The van der Waals surface area contributed by atoms with Crippen molar-refractivity contribution in [3.05, 3.63) is 0 Å². The maximum absolute atomic E-state index is 0. The van der Waals surface area contributed by atoms with Crippen molar-refractivity contribution in [3.63, 3.8) is 0 Å². The zero-order valence-corrected chi connectivity index (χ0v) is 10.3. The van der Waals surface area contributed by atoms with Gasteiger partial charge in [-0.2, -0.15) is 0 Å². The first kappa shape index (κ1) is 49.2. The van der Waals surface area contributed by atoms with Crippen molar-refractivity contribution in [3.8, 4) is 0 Å². The van der Waals surface area contributed by atoms with Crippen molar-refractivity contribution < 1.29 is 45.1 Å². The molecule has 0 saturated carbocycles. The van der Waals surface area contributed by atoms with Crippen LogP contribution in [0, 0.1) is 0 Å². The van der Waals surface area contributed by atoms with Crippen LogP contribution in [0.1, 0.15) is 0 Å². The molecule has 0 unspecified atom stereocenters. The molecule has 1 nitrogen and oxygen atoms in total. The second kappa shape index (κ2) is 30.8. The Hall–Kier alpha value is 2.58. The molecule has 3 radical (unpaired) electrons. The minimum Gasteiger partial charge on any atom is -2.00 e. The van der Waals surface area contributed by atoms with Crippen molar-refractivity contribution in [1.29, 1.82) is 0 Å². The summed E-state index contributed by atoms with van der Waals surface area (Å²) in [7, 11) is 0.